The lowest BCUT2D eigenvalue weighted by Crippen LogP contribution is -2.18. The maximum Gasteiger partial charge on any atom is 0.381 e. The predicted octanol–water partition coefficient (Wildman–Crippen LogP) is 2.59. The van der Waals surface area contributed by atoms with Crippen LogP contribution in [0.5, 0.6) is 5.75 Å². The van der Waals surface area contributed by atoms with Gasteiger partial charge in [0.2, 0.25) is 11.5 Å². The lowest BCUT2D eigenvalue weighted by molar-refractivity contribution is 0.0484. The van der Waals surface area contributed by atoms with Crippen LogP contribution in [-0.4, -0.2) is 26.7 Å². The third-order valence-electron chi connectivity index (χ3n) is 3.07. The van der Waals surface area contributed by atoms with Gasteiger partial charge in [-0.1, -0.05) is 18.2 Å². The van der Waals surface area contributed by atoms with Crippen molar-refractivity contribution in [2.24, 2.45) is 0 Å². The lowest BCUT2D eigenvalue weighted by atomic mass is 10.2. The van der Waals surface area contributed by atoms with Crippen LogP contribution in [0.2, 0.25) is 0 Å². The molecule has 0 atom stereocenters. The third kappa shape index (κ3) is 3.11. The van der Waals surface area contributed by atoms with Crippen molar-refractivity contribution in [2.75, 3.05) is 25.7 Å². The summed E-state index contributed by atoms with van der Waals surface area (Å²) in [6, 6.07) is 10.8. The molecule has 0 fully saturated rings. The number of anilines is 2. The summed E-state index contributed by atoms with van der Waals surface area (Å²) < 4.78 is 14.9. The number of carbonyl (C=O) groups excluding carboxylic acids is 1. The molecule has 6 heteroatoms. The summed E-state index contributed by atoms with van der Waals surface area (Å²) in [7, 11) is 3.14. The standard InChI is InChI=1S/C16H17NO5/c1-4-21-15(18)13-10-12(14(20-3)16(19)22-13)17(2)11-8-6-5-7-9-11/h5-10H,4H2,1-3H3. The summed E-state index contributed by atoms with van der Waals surface area (Å²) in [5.74, 6) is -0.824. The summed E-state index contributed by atoms with van der Waals surface area (Å²) in [5.41, 5.74) is 0.528. The molecule has 0 unspecified atom stereocenters. The average Bonchev–Trinajstić information content (AvgIpc) is 2.54. The minimum absolute atomic E-state index is 0.0272. The second-order valence-electron chi connectivity index (χ2n) is 4.43. The zero-order valence-electron chi connectivity index (χ0n) is 12.7. The van der Waals surface area contributed by atoms with Gasteiger partial charge >= 0.3 is 11.6 Å². The molecule has 0 aliphatic rings. The number of nitrogens with zero attached hydrogens (tertiary/aromatic N) is 1. The minimum Gasteiger partial charge on any atom is -0.488 e. The number of carbonyl (C=O) groups is 1. The number of esters is 1. The van der Waals surface area contributed by atoms with E-state index >= 15 is 0 Å². The molecule has 0 aliphatic carbocycles. The normalized spacial score (nSPS) is 10.1. The number of para-hydroxylation sites is 1. The predicted molar refractivity (Wildman–Crippen MR) is 82.0 cm³/mol. The Balaban J connectivity index is 2.53. The van der Waals surface area contributed by atoms with E-state index in [0.717, 1.165) is 5.69 Å². The van der Waals surface area contributed by atoms with Gasteiger partial charge in [-0.15, -0.1) is 0 Å². The van der Waals surface area contributed by atoms with Crippen molar-refractivity contribution in [3.8, 4) is 5.75 Å². The summed E-state index contributed by atoms with van der Waals surface area (Å²) >= 11 is 0. The van der Waals surface area contributed by atoms with E-state index in [1.165, 1.54) is 13.2 Å². The topological polar surface area (TPSA) is 69.0 Å². The first-order valence-corrected chi connectivity index (χ1v) is 6.76. The third-order valence-corrected chi connectivity index (χ3v) is 3.07. The monoisotopic (exact) mass is 303 g/mol. The smallest absolute Gasteiger partial charge is 0.381 e. The van der Waals surface area contributed by atoms with Crippen molar-refractivity contribution in [1.82, 2.24) is 0 Å². The van der Waals surface area contributed by atoms with Crippen molar-refractivity contribution >= 4 is 17.3 Å². The molecule has 116 valence electrons. The van der Waals surface area contributed by atoms with E-state index in [2.05, 4.69) is 0 Å². The van der Waals surface area contributed by atoms with Crippen LogP contribution in [0.25, 0.3) is 0 Å². The Hall–Kier alpha value is -2.76. The molecule has 0 saturated carbocycles. The summed E-state index contributed by atoms with van der Waals surface area (Å²) in [4.78, 5) is 25.5. The van der Waals surface area contributed by atoms with Crippen LogP contribution < -0.4 is 15.3 Å². The summed E-state index contributed by atoms with van der Waals surface area (Å²) in [5, 5.41) is 0. The molecule has 22 heavy (non-hydrogen) atoms. The molecule has 1 heterocycles. The van der Waals surface area contributed by atoms with Gasteiger partial charge in [-0.25, -0.2) is 9.59 Å². The van der Waals surface area contributed by atoms with E-state index in [4.69, 9.17) is 13.9 Å². The Morgan fingerprint density at radius 3 is 2.55 bits per heavy atom. The molecule has 0 spiro atoms. The highest BCUT2D eigenvalue weighted by Gasteiger charge is 2.21. The lowest BCUT2D eigenvalue weighted by Gasteiger charge is -2.21. The Bertz CT molecular complexity index is 708. The second kappa shape index (κ2) is 6.80. The van der Waals surface area contributed by atoms with Gasteiger partial charge in [0.05, 0.1) is 19.4 Å². The molecule has 2 rings (SSSR count). The average molecular weight is 303 g/mol. The fourth-order valence-corrected chi connectivity index (χ4v) is 2.00. The molecule has 0 aliphatic heterocycles. The zero-order chi connectivity index (χ0) is 16.1. The Labute approximate surface area is 127 Å². The van der Waals surface area contributed by atoms with Gasteiger partial charge in [0.15, 0.2) is 0 Å². The molecule has 0 radical (unpaired) electrons. The molecular formula is C16H17NO5. The van der Waals surface area contributed by atoms with Crippen molar-refractivity contribution in [1.29, 1.82) is 0 Å². The van der Waals surface area contributed by atoms with Crippen LogP contribution in [-0.2, 0) is 4.74 Å². The van der Waals surface area contributed by atoms with E-state index in [1.807, 2.05) is 30.3 Å². The second-order valence-corrected chi connectivity index (χ2v) is 4.43. The minimum atomic E-state index is -0.731. The summed E-state index contributed by atoms with van der Waals surface area (Å²) in [6.07, 6.45) is 0. The molecular weight excluding hydrogens is 286 g/mol. The maximum absolute atomic E-state index is 12.0. The molecule has 0 bridgehead atoms. The molecule has 0 N–H and O–H groups in total. The Kier molecular flexibility index (Phi) is 4.83. The molecule has 1 aromatic heterocycles. The van der Waals surface area contributed by atoms with Gasteiger partial charge in [0, 0.05) is 18.8 Å². The van der Waals surface area contributed by atoms with Crippen molar-refractivity contribution < 1.29 is 18.7 Å². The fraction of sp³-hybridized carbons (Fsp3) is 0.250. The van der Waals surface area contributed by atoms with E-state index in [1.54, 1.807) is 18.9 Å². The number of rotatable bonds is 5. The first kappa shape index (κ1) is 15.6. The number of ether oxygens (including phenoxy) is 2. The fourth-order valence-electron chi connectivity index (χ4n) is 2.00. The highest BCUT2D eigenvalue weighted by atomic mass is 16.5. The van der Waals surface area contributed by atoms with Crippen LogP contribution in [0.3, 0.4) is 0 Å². The SMILES string of the molecule is CCOC(=O)c1cc(N(C)c2ccccc2)c(OC)c(=O)o1. The van der Waals surface area contributed by atoms with Crippen LogP contribution >= 0.6 is 0 Å². The summed E-state index contributed by atoms with van der Waals surface area (Å²) in [6.45, 7) is 1.87. The van der Waals surface area contributed by atoms with Crippen molar-refractivity contribution in [3.63, 3.8) is 0 Å². The number of hydrogen-bond donors (Lipinski definition) is 0. The first-order valence-electron chi connectivity index (χ1n) is 6.76. The largest absolute Gasteiger partial charge is 0.488 e. The maximum atomic E-state index is 12.0. The van der Waals surface area contributed by atoms with Crippen LogP contribution in [0.15, 0.2) is 45.6 Å². The van der Waals surface area contributed by atoms with Gasteiger partial charge in [-0.2, -0.15) is 0 Å². The molecule has 0 amide bonds. The number of benzene rings is 1. The zero-order valence-corrected chi connectivity index (χ0v) is 12.7. The van der Waals surface area contributed by atoms with E-state index in [9.17, 15) is 9.59 Å². The van der Waals surface area contributed by atoms with Gasteiger partial charge in [-0.3, -0.25) is 0 Å². The molecule has 2 aromatic rings. The van der Waals surface area contributed by atoms with Gasteiger partial charge < -0.3 is 18.8 Å². The Morgan fingerprint density at radius 2 is 1.95 bits per heavy atom. The molecule has 6 nitrogen and oxygen atoms in total. The van der Waals surface area contributed by atoms with Gasteiger partial charge in [0.1, 0.15) is 0 Å². The van der Waals surface area contributed by atoms with Crippen LogP contribution in [0.1, 0.15) is 17.5 Å². The Morgan fingerprint density at radius 1 is 1.27 bits per heavy atom. The van der Waals surface area contributed by atoms with Crippen molar-refractivity contribution in [3.05, 3.63) is 52.6 Å². The van der Waals surface area contributed by atoms with Crippen LogP contribution in [0, 0.1) is 0 Å². The van der Waals surface area contributed by atoms with E-state index < -0.39 is 11.6 Å². The number of methoxy groups -OCH3 is 1. The van der Waals surface area contributed by atoms with Crippen molar-refractivity contribution in [2.45, 2.75) is 6.92 Å². The molecule has 0 saturated heterocycles. The highest BCUT2D eigenvalue weighted by Crippen LogP contribution is 2.30. The van der Waals surface area contributed by atoms with E-state index in [-0.39, 0.29) is 18.1 Å². The van der Waals surface area contributed by atoms with E-state index in [0.29, 0.717) is 5.69 Å². The quantitative estimate of drug-likeness (QED) is 0.791. The van der Waals surface area contributed by atoms with Gasteiger partial charge in [0.25, 0.3) is 0 Å². The number of hydrogen-bond acceptors (Lipinski definition) is 6. The first-order chi connectivity index (χ1) is 10.6. The highest BCUT2D eigenvalue weighted by molar-refractivity contribution is 5.88. The molecule has 1 aromatic carbocycles. The van der Waals surface area contributed by atoms with Crippen LogP contribution in [0.4, 0.5) is 11.4 Å². The van der Waals surface area contributed by atoms with Gasteiger partial charge in [-0.05, 0) is 19.1 Å².